The Balaban J connectivity index is 1.75. The first-order valence-corrected chi connectivity index (χ1v) is 7.53. The average molecular weight is 301 g/mol. The Morgan fingerprint density at radius 3 is 2.41 bits per heavy atom. The molecule has 0 fully saturated rings. The van der Waals surface area contributed by atoms with E-state index in [-0.39, 0.29) is 17.5 Å². The molecular formula is C18H23NO3. The molecular weight excluding hydrogens is 278 g/mol. The second-order valence-electron chi connectivity index (χ2n) is 5.63. The van der Waals surface area contributed by atoms with Crippen molar-refractivity contribution in [2.45, 2.75) is 31.9 Å². The number of aliphatic hydroxyl groups excluding tert-OH is 1. The summed E-state index contributed by atoms with van der Waals surface area (Å²) in [6.45, 7) is 2.52. The minimum atomic E-state index is -0.636. The van der Waals surface area contributed by atoms with E-state index in [0.717, 1.165) is 12.8 Å². The van der Waals surface area contributed by atoms with Crippen LogP contribution in [0.5, 0.6) is 11.5 Å². The van der Waals surface area contributed by atoms with Crippen molar-refractivity contribution < 1.29 is 15.3 Å². The number of hydrogen-bond donors (Lipinski definition) is 4. The van der Waals surface area contributed by atoms with Gasteiger partial charge in [-0.25, -0.2) is 0 Å². The SMILES string of the molecule is C[C@H](CCc1ccc(O)cc1)NCC(O)c1cccc(O)c1. The van der Waals surface area contributed by atoms with Crippen molar-refractivity contribution >= 4 is 0 Å². The fraction of sp³-hybridized carbons (Fsp3) is 0.333. The predicted octanol–water partition coefficient (Wildman–Crippen LogP) is 2.74. The topological polar surface area (TPSA) is 72.7 Å². The largest absolute Gasteiger partial charge is 0.508 e. The van der Waals surface area contributed by atoms with Crippen LogP contribution in [0.2, 0.25) is 0 Å². The number of phenolic OH excluding ortho intramolecular Hbond substituents is 2. The van der Waals surface area contributed by atoms with Crippen LogP contribution in [0.15, 0.2) is 48.5 Å². The Kier molecular flexibility index (Phi) is 5.81. The average Bonchev–Trinajstić information content (AvgIpc) is 2.52. The number of hydrogen-bond acceptors (Lipinski definition) is 4. The summed E-state index contributed by atoms with van der Waals surface area (Å²) in [4.78, 5) is 0. The van der Waals surface area contributed by atoms with Crippen LogP contribution in [-0.2, 0) is 6.42 Å². The molecule has 118 valence electrons. The van der Waals surface area contributed by atoms with Gasteiger partial charge in [0.25, 0.3) is 0 Å². The number of rotatable bonds is 7. The highest BCUT2D eigenvalue weighted by Crippen LogP contribution is 2.18. The Bertz CT molecular complexity index is 583. The van der Waals surface area contributed by atoms with Crippen LogP contribution in [0.25, 0.3) is 0 Å². The van der Waals surface area contributed by atoms with Gasteiger partial charge in [-0.15, -0.1) is 0 Å². The van der Waals surface area contributed by atoms with E-state index in [2.05, 4.69) is 12.2 Å². The molecule has 0 heterocycles. The number of nitrogens with one attached hydrogen (secondary N) is 1. The van der Waals surface area contributed by atoms with Gasteiger partial charge < -0.3 is 20.6 Å². The van der Waals surface area contributed by atoms with Crippen molar-refractivity contribution in [3.8, 4) is 11.5 Å². The Morgan fingerprint density at radius 2 is 1.73 bits per heavy atom. The first kappa shape index (κ1) is 16.3. The van der Waals surface area contributed by atoms with E-state index in [1.165, 1.54) is 5.56 Å². The summed E-state index contributed by atoms with van der Waals surface area (Å²) < 4.78 is 0. The van der Waals surface area contributed by atoms with Gasteiger partial charge in [0.15, 0.2) is 0 Å². The third-order valence-electron chi connectivity index (χ3n) is 3.72. The van der Waals surface area contributed by atoms with E-state index < -0.39 is 6.10 Å². The minimum Gasteiger partial charge on any atom is -0.508 e. The number of phenols is 2. The summed E-state index contributed by atoms with van der Waals surface area (Å²) in [5.41, 5.74) is 1.89. The summed E-state index contributed by atoms with van der Waals surface area (Å²) >= 11 is 0. The molecule has 2 aromatic rings. The molecule has 0 aromatic heterocycles. The van der Waals surface area contributed by atoms with Gasteiger partial charge in [-0.05, 0) is 55.2 Å². The monoisotopic (exact) mass is 301 g/mol. The van der Waals surface area contributed by atoms with Crippen LogP contribution < -0.4 is 5.32 Å². The highest BCUT2D eigenvalue weighted by molar-refractivity contribution is 5.28. The summed E-state index contributed by atoms with van der Waals surface area (Å²) in [5, 5.41) is 32.1. The number of aliphatic hydroxyl groups is 1. The molecule has 4 nitrogen and oxygen atoms in total. The maximum absolute atomic E-state index is 10.1. The van der Waals surface area contributed by atoms with Crippen LogP contribution in [0.3, 0.4) is 0 Å². The molecule has 2 rings (SSSR count). The van der Waals surface area contributed by atoms with Gasteiger partial charge in [0.1, 0.15) is 11.5 Å². The van der Waals surface area contributed by atoms with Gasteiger partial charge in [-0.3, -0.25) is 0 Å². The molecule has 0 aliphatic heterocycles. The maximum atomic E-state index is 10.1. The van der Waals surface area contributed by atoms with Crippen LogP contribution >= 0.6 is 0 Å². The van der Waals surface area contributed by atoms with Crippen molar-refractivity contribution in [2.75, 3.05) is 6.54 Å². The fourth-order valence-electron chi connectivity index (χ4n) is 2.31. The second kappa shape index (κ2) is 7.82. The molecule has 0 aliphatic rings. The first-order valence-electron chi connectivity index (χ1n) is 7.53. The van der Waals surface area contributed by atoms with E-state index >= 15 is 0 Å². The van der Waals surface area contributed by atoms with Crippen molar-refractivity contribution in [3.05, 3.63) is 59.7 Å². The zero-order valence-electron chi connectivity index (χ0n) is 12.7. The van der Waals surface area contributed by atoms with E-state index in [9.17, 15) is 15.3 Å². The molecule has 0 aliphatic carbocycles. The molecule has 2 atom stereocenters. The number of aryl methyl sites for hydroxylation is 1. The van der Waals surface area contributed by atoms with E-state index in [4.69, 9.17) is 0 Å². The molecule has 0 bridgehead atoms. The van der Waals surface area contributed by atoms with Gasteiger partial charge in [0.05, 0.1) is 6.10 Å². The van der Waals surface area contributed by atoms with Gasteiger partial charge in [-0.1, -0.05) is 24.3 Å². The van der Waals surface area contributed by atoms with Crippen molar-refractivity contribution in [1.29, 1.82) is 0 Å². The fourth-order valence-corrected chi connectivity index (χ4v) is 2.31. The van der Waals surface area contributed by atoms with Gasteiger partial charge in [-0.2, -0.15) is 0 Å². The number of aromatic hydroxyl groups is 2. The summed E-state index contributed by atoms with van der Waals surface area (Å²) in [5.74, 6) is 0.445. The Labute approximate surface area is 131 Å². The third kappa shape index (κ3) is 5.06. The lowest BCUT2D eigenvalue weighted by Crippen LogP contribution is -2.30. The Hall–Kier alpha value is -2.04. The zero-order chi connectivity index (χ0) is 15.9. The minimum absolute atomic E-state index is 0.164. The molecule has 0 saturated carbocycles. The highest BCUT2D eigenvalue weighted by atomic mass is 16.3. The van der Waals surface area contributed by atoms with Crippen LogP contribution in [0.4, 0.5) is 0 Å². The predicted molar refractivity (Wildman–Crippen MR) is 87.0 cm³/mol. The molecule has 0 saturated heterocycles. The van der Waals surface area contributed by atoms with E-state index in [0.29, 0.717) is 12.1 Å². The molecule has 1 unspecified atom stereocenters. The van der Waals surface area contributed by atoms with Crippen LogP contribution in [0.1, 0.15) is 30.6 Å². The van der Waals surface area contributed by atoms with Gasteiger partial charge >= 0.3 is 0 Å². The maximum Gasteiger partial charge on any atom is 0.115 e. The quantitative estimate of drug-likeness (QED) is 0.634. The van der Waals surface area contributed by atoms with Gasteiger partial charge in [0, 0.05) is 12.6 Å². The second-order valence-corrected chi connectivity index (χ2v) is 5.63. The highest BCUT2D eigenvalue weighted by Gasteiger charge is 2.10. The van der Waals surface area contributed by atoms with Crippen LogP contribution in [-0.4, -0.2) is 27.9 Å². The zero-order valence-corrected chi connectivity index (χ0v) is 12.7. The van der Waals surface area contributed by atoms with Crippen molar-refractivity contribution in [2.24, 2.45) is 0 Å². The molecule has 0 amide bonds. The number of benzene rings is 2. The molecule has 22 heavy (non-hydrogen) atoms. The lowest BCUT2D eigenvalue weighted by molar-refractivity contribution is 0.169. The van der Waals surface area contributed by atoms with E-state index in [1.54, 1.807) is 36.4 Å². The molecule has 4 heteroatoms. The molecule has 0 spiro atoms. The normalized spacial score (nSPS) is 13.7. The lowest BCUT2D eigenvalue weighted by atomic mass is 10.1. The van der Waals surface area contributed by atoms with E-state index in [1.807, 2.05) is 12.1 Å². The standard InChI is InChI=1S/C18H23NO3/c1-13(5-6-14-7-9-16(20)10-8-14)19-12-18(22)15-3-2-4-17(21)11-15/h2-4,7-11,13,18-22H,5-6,12H2,1H3/t13-,18?/m1/s1. The molecule has 4 N–H and O–H groups in total. The molecule has 2 aromatic carbocycles. The summed E-state index contributed by atoms with van der Waals surface area (Å²) in [7, 11) is 0. The lowest BCUT2D eigenvalue weighted by Gasteiger charge is -2.17. The smallest absolute Gasteiger partial charge is 0.115 e. The summed E-state index contributed by atoms with van der Waals surface area (Å²) in [6.07, 6.45) is 1.22. The molecule has 0 radical (unpaired) electrons. The van der Waals surface area contributed by atoms with Crippen LogP contribution in [0, 0.1) is 0 Å². The third-order valence-corrected chi connectivity index (χ3v) is 3.72. The van der Waals surface area contributed by atoms with Crippen molar-refractivity contribution in [3.63, 3.8) is 0 Å². The Morgan fingerprint density at radius 1 is 1.00 bits per heavy atom. The summed E-state index contributed by atoms with van der Waals surface area (Å²) in [6, 6.07) is 14.2. The first-order chi connectivity index (χ1) is 10.5. The van der Waals surface area contributed by atoms with Gasteiger partial charge in [0.2, 0.25) is 0 Å². The van der Waals surface area contributed by atoms with Crippen molar-refractivity contribution in [1.82, 2.24) is 5.32 Å².